The molecular weight excluding hydrogens is 274 g/mol. The molecule has 0 bridgehead atoms. The zero-order valence-electron chi connectivity index (χ0n) is 12.4. The Kier molecular flexibility index (Phi) is 3.48. The van der Waals surface area contributed by atoms with Crippen LogP contribution < -0.4 is 0 Å². The Labute approximate surface area is 128 Å². The Hall–Kier alpha value is -2.93. The van der Waals surface area contributed by atoms with E-state index in [9.17, 15) is 10.1 Å². The van der Waals surface area contributed by atoms with Gasteiger partial charge in [-0.3, -0.25) is 4.79 Å². The number of carbonyl (C=O) groups excluding carboxylic acids is 1. The van der Waals surface area contributed by atoms with Crippen molar-refractivity contribution in [2.24, 2.45) is 0 Å². The summed E-state index contributed by atoms with van der Waals surface area (Å²) in [4.78, 5) is 20.1. The van der Waals surface area contributed by atoms with Crippen molar-refractivity contribution in [3.05, 3.63) is 65.0 Å². The summed E-state index contributed by atoms with van der Waals surface area (Å²) in [5, 5.41) is 9.44. The Morgan fingerprint density at radius 2 is 1.86 bits per heavy atom. The Morgan fingerprint density at radius 3 is 2.50 bits per heavy atom. The van der Waals surface area contributed by atoms with Gasteiger partial charge < -0.3 is 4.98 Å². The molecule has 0 aliphatic heterocycles. The van der Waals surface area contributed by atoms with E-state index in [1.165, 1.54) is 0 Å². The second-order valence-electron chi connectivity index (χ2n) is 5.44. The highest BCUT2D eigenvalue weighted by atomic mass is 16.1. The molecular formula is C18H15N3O. The van der Waals surface area contributed by atoms with Crippen LogP contribution in [0.1, 0.15) is 33.2 Å². The molecule has 4 heteroatoms. The highest BCUT2D eigenvalue weighted by Crippen LogP contribution is 2.22. The number of benzene rings is 2. The van der Waals surface area contributed by atoms with E-state index in [-0.39, 0.29) is 5.78 Å². The van der Waals surface area contributed by atoms with Crippen molar-refractivity contribution >= 4 is 16.8 Å². The standard InChI is InChI=1S/C18H15N3O/c1-11-7-12(2)9-13(8-11)17(22)14(10-19)18-20-15-5-3-4-6-16(15)21-18/h3-9,14H,1-2H3,(H,20,21)/t14-/m0/s1. The number of fused-ring (bicyclic) bond motifs is 1. The molecule has 0 unspecified atom stereocenters. The van der Waals surface area contributed by atoms with Gasteiger partial charge in [-0.05, 0) is 38.1 Å². The Balaban J connectivity index is 2.03. The first-order valence-electron chi connectivity index (χ1n) is 7.05. The molecule has 0 amide bonds. The second-order valence-corrected chi connectivity index (χ2v) is 5.44. The van der Waals surface area contributed by atoms with Gasteiger partial charge in [-0.1, -0.05) is 29.3 Å². The number of aryl methyl sites for hydroxylation is 2. The topological polar surface area (TPSA) is 69.5 Å². The van der Waals surface area contributed by atoms with Gasteiger partial charge in [0.15, 0.2) is 11.7 Å². The number of imidazole rings is 1. The van der Waals surface area contributed by atoms with Gasteiger partial charge in [0.2, 0.25) is 0 Å². The molecule has 0 fully saturated rings. The summed E-state index contributed by atoms with van der Waals surface area (Å²) in [5.41, 5.74) is 4.13. The number of nitrogens with one attached hydrogen (secondary N) is 1. The van der Waals surface area contributed by atoms with E-state index in [0.29, 0.717) is 11.4 Å². The molecule has 3 aromatic rings. The van der Waals surface area contributed by atoms with Gasteiger partial charge in [0.05, 0.1) is 17.1 Å². The first kappa shape index (κ1) is 14.0. The van der Waals surface area contributed by atoms with E-state index in [2.05, 4.69) is 16.0 Å². The van der Waals surface area contributed by atoms with Gasteiger partial charge in [0, 0.05) is 5.56 Å². The molecule has 0 saturated heterocycles. The second kappa shape index (κ2) is 5.45. The molecule has 1 N–H and O–H groups in total. The Bertz CT molecular complexity index is 849. The van der Waals surface area contributed by atoms with Crippen molar-refractivity contribution in [1.82, 2.24) is 9.97 Å². The summed E-state index contributed by atoms with van der Waals surface area (Å²) >= 11 is 0. The summed E-state index contributed by atoms with van der Waals surface area (Å²) in [6.07, 6.45) is 0. The number of hydrogen-bond donors (Lipinski definition) is 1. The minimum Gasteiger partial charge on any atom is -0.340 e. The number of aromatic nitrogens is 2. The quantitative estimate of drug-likeness (QED) is 0.748. The largest absolute Gasteiger partial charge is 0.340 e. The van der Waals surface area contributed by atoms with Crippen LogP contribution in [0.3, 0.4) is 0 Å². The molecule has 0 aliphatic rings. The number of carbonyl (C=O) groups is 1. The summed E-state index contributed by atoms with van der Waals surface area (Å²) in [6, 6.07) is 15.2. The summed E-state index contributed by atoms with van der Waals surface area (Å²) in [6.45, 7) is 3.87. The van der Waals surface area contributed by atoms with E-state index >= 15 is 0 Å². The molecule has 3 rings (SSSR count). The minimum absolute atomic E-state index is 0.228. The molecule has 1 aromatic heterocycles. The van der Waals surface area contributed by atoms with Gasteiger partial charge in [-0.15, -0.1) is 0 Å². The highest BCUT2D eigenvalue weighted by molar-refractivity contribution is 6.02. The van der Waals surface area contributed by atoms with Crippen molar-refractivity contribution in [2.75, 3.05) is 0 Å². The van der Waals surface area contributed by atoms with Crippen molar-refractivity contribution in [3.63, 3.8) is 0 Å². The first-order chi connectivity index (χ1) is 10.6. The van der Waals surface area contributed by atoms with E-state index < -0.39 is 5.92 Å². The number of Topliss-reactive ketones (excluding diaryl/α,β-unsaturated/α-hetero) is 1. The number of hydrogen-bond acceptors (Lipinski definition) is 3. The molecule has 22 heavy (non-hydrogen) atoms. The van der Waals surface area contributed by atoms with Crippen molar-refractivity contribution < 1.29 is 4.79 Å². The predicted molar refractivity (Wildman–Crippen MR) is 84.7 cm³/mol. The van der Waals surface area contributed by atoms with Gasteiger partial charge in [-0.2, -0.15) is 5.26 Å². The third-order valence-corrected chi connectivity index (χ3v) is 3.58. The maximum absolute atomic E-state index is 12.7. The number of para-hydroxylation sites is 2. The number of ketones is 1. The molecule has 1 heterocycles. The van der Waals surface area contributed by atoms with Crippen LogP contribution in [0.2, 0.25) is 0 Å². The maximum Gasteiger partial charge on any atom is 0.187 e. The molecule has 2 aromatic carbocycles. The maximum atomic E-state index is 12.7. The van der Waals surface area contributed by atoms with Crippen molar-refractivity contribution in [3.8, 4) is 6.07 Å². The van der Waals surface area contributed by atoms with E-state index in [0.717, 1.165) is 22.2 Å². The highest BCUT2D eigenvalue weighted by Gasteiger charge is 2.25. The van der Waals surface area contributed by atoms with Crippen LogP contribution in [-0.4, -0.2) is 15.8 Å². The molecule has 4 nitrogen and oxygen atoms in total. The normalized spacial score (nSPS) is 12.0. The van der Waals surface area contributed by atoms with Crippen LogP contribution in [-0.2, 0) is 0 Å². The van der Waals surface area contributed by atoms with Crippen LogP contribution in [0.4, 0.5) is 0 Å². The molecule has 0 radical (unpaired) electrons. The molecule has 0 aliphatic carbocycles. The number of H-pyrrole nitrogens is 1. The zero-order chi connectivity index (χ0) is 15.7. The van der Waals surface area contributed by atoms with Gasteiger partial charge in [0.1, 0.15) is 5.82 Å². The van der Waals surface area contributed by atoms with Crippen LogP contribution in [0.5, 0.6) is 0 Å². The first-order valence-corrected chi connectivity index (χ1v) is 7.05. The van der Waals surface area contributed by atoms with Crippen LogP contribution in [0.15, 0.2) is 42.5 Å². The van der Waals surface area contributed by atoms with Crippen molar-refractivity contribution in [2.45, 2.75) is 19.8 Å². The van der Waals surface area contributed by atoms with E-state index in [1.807, 2.05) is 56.3 Å². The summed E-state index contributed by atoms with van der Waals surface area (Å²) in [7, 11) is 0. The van der Waals surface area contributed by atoms with Crippen LogP contribution in [0.25, 0.3) is 11.0 Å². The fraction of sp³-hybridized carbons (Fsp3) is 0.167. The third kappa shape index (κ3) is 2.49. The zero-order valence-corrected chi connectivity index (χ0v) is 12.4. The lowest BCUT2D eigenvalue weighted by Gasteiger charge is -2.07. The molecule has 1 atom stereocenters. The van der Waals surface area contributed by atoms with Gasteiger partial charge in [-0.25, -0.2) is 4.98 Å². The lowest BCUT2D eigenvalue weighted by atomic mass is 9.95. The number of rotatable bonds is 3. The fourth-order valence-electron chi connectivity index (χ4n) is 2.64. The Morgan fingerprint density at radius 1 is 1.18 bits per heavy atom. The van der Waals surface area contributed by atoms with Gasteiger partial charge in [0.25, 0.3) is 0 Å². The summed E-state index contributed by atoms with van der Waals surface area (Å²) in [5.74, 6) is -0.755. The number of nitriles is 1. The third-order valence-electron chi connectivity index (χ3n) is 3.58. The minimum atomic E-state index is -0.923. The fourth-order valence-corrected chi connectivity index (χ4v) is 2.64. The number of aromatic amines is 1. The monoisotopic (exact) mass is 289 g/mol. The molecule has 108 valence electrons. The van der Waals surface area contributed by atoms with Crippen LogP contribution >= 0.6 is 0 Å². The smallest absolute Gasteiger partial charge is 0.187 e. The van der Waals surface area contributed by atoms with Crippen LogP contribution in [0, 0.1) is 25.2 Å². The molecule has 0 spiro atoms. The average Bonchev–Trinajstić information content (AvgIpc) is 2.90. The number of nitrogens with zero attached hydrogens (tertiary/aromatic N) is 2. The SMILES string of the molecule is Cc1cc(C)cc(C(=O)[C@H](C#N)c2nc3ccccc3[nH]2)c1. The van der Waals surface area contributed by atoms with Gasteiger partial charge >= 0.3 is 0 Å². The lowest BCUT2D eigenvalue weighted by Crippen LogP contribution is -2.13. The summed E-state index contributed by atoms with van der Waals surface area (Å²) < 4.78 is 0. The lowest BCUT2D eigenvalue weighted by molar-refractivity contribution is 0.0976. The average molecular weight is 289 g/mol. The van der Waals surface area contributed by atoms with Crippen molar-refractivity contribution in [1.29, 1.82) is 5.26 Å². The van der Waals surface area contributed by atoms with E-state index in [1.54, 1.807) is 0 Å². The van der Waals surface area contributed by atoms with E-state index in [4.69, 9.17) is 0 Å². The molecule has 0 saturated carbocycles. The predicted octanol–water partition coefficient (Wildman–Crippen LogP) is 3.67.